The molecule has 9 N–H and O–H groups in total. The quantitative estimate of drug-likeness (QED) is 0.252. The van der Waals surface area contributed by atoms with Crippen LogP contribution in [0.4, 0.5) is 11.8 Å². The summed E-state index contributed by atoms with van der Waals surface area (Å²) in [5.74, 6) is 0.528. The zero-order chi connectivity index (χ0) is 14.5. The second-order valence-corrected chi connectivity index (χ2v) is 4.13. The summed E-state index contributed by atoms with van der Waals surface area (Å²) in [5.41, 5.74) is 26.2. The molecule has 0 saturated carbocycles. The number of fused-ring (bicyclic) bond motifs is 1. The summed E-state index contributed by atoms with van der Waals surface area (Å²) >= 11 is 0. The Morgan fingerprint density at radius 2 is 2.10 bits per heavy atom. The Hall–Kier alpha value is -2.62. The number of anilines is 2. The highest BCUT2D eigenvalue weighted by Crippen LogP contribution is 2.15. The van der Waals surface area contributed by atoms with Gasteiger partial charge in [0.25, 0.3) is 0 Å². The predicted octanol–water partition coefficient (Wildman–Crippen LogP) is -1.41. The zero-order valence-corrected chi connectivity index (χ0v) is 11.0. The van der Waals surface area contributed by atoms with Gasteiger partial charge in [-0.3, -0.25) is 10.4 Å². The fourth-order valence-corrected chi connectivity index (χ4v) is 1.64. The number of aliphatic imine (C=N–C) groups is 1. The van der Waals surface area contributed by atoms with Gasteiger partial charge in [-0.25, -0.2) is 9.66 Å². The summed E-state index contributed by atoms with van der Waals surface area (Å²) in [4.78, 5) is 16.1. The molecule has 2 heterocycles. The van der Waals surface area contributed by atoms with Crippen LogP contribution in [0, 0.1) is 0 Å². The average Bonchev–Trinajstić information content (AvgIpc) is 2.78. The molecule has 10 heteroatoms. The van der Waals surface area contributed by atoms with E-state index in [1.54, 1.807) is 0 Å². The topological polar surface area (TPSA) is 172 Å². The van der Waals surface area contributed by atoms with E-state index in [2.05, 4.69) is 25.4 Å². The van der Waals surface area contributed by atoms with Crippen molar-refractivity contribution in [1.82, 2.24) is 19.6 Å². The van der Waals surface area contributed by atoms with Gasteiger partial charge in [-0.2, -0.15) is 9.97 Å². The van der Waals surface area contributed by atoms with E-state index in [1.165, 1.54) is 11.0 Å². The third-order valence-electron chi connectivity index (χ3n) is 2.57. The maximum atomic E-state index is 5.77. The number of imidazole rings is 1. The van der Waals surface area contributed by atoms with Crippen LogP contribution < -0.4 is 28.4 Å². The van der Waals surface area contributed by atoms with E-state index in [4.69, 9.17) is 22.9 Å². The monoisotopic (exact) mass is 278 g/mol. The summed E-state index contributed by atoms with van der Waals surface area (Å²) in [6.45, 7) is 1.24. The van der Waals surface area contributed by atoms with Crippen LogP contribution in [0.15, 0.2) is 11.3 Å². The molecule has 0 unspecified atom stereocenters. The minimum absolute atomic E-state index is 0.0667. The maximum absolute atomic E-state index is 5.77. The number of unbranched alkanes of at least 4 members (excludes halogenated alkanes) is 1. The molecule has 0 bridgehead atoms. The molecule has 0 aliphatic heterocycles. The molecular formula is C10H18N10. The van der Waals surface area contributed by atoms with Crippen molar-refractivity contribution < 1.29 is 0 Å². The molecule has 108 valence electrons. The molecule has 10 nitrogen and oxygen atoms in total. The second kappa shape index (κ2) is 6.02. The number of rotatable bonds is 5. The van der Waals surface area contributed by atoms with Crippen molar-refractivity contribution in [2.45, 2.75) is 12.8 Å². The molecule has 0 atom stereocenters. The van der Waals surface area contributed by atoms with E-state index >= 15 is 0 Å². The molecule has 2 rings (SSSR count). The molecule has 2 aromatic rings. The standard InChI is InChI=1S/C10H18N10/c11-3-1-2-4-15-9(13)19-20-5-16-6-7(12)17-10(14)18-8(6)20/h5H,1-4,11H2,(H3,13,15,19)(H4,12,14,17,18). The van der Waals surface area contributed by atoms with Crippen LogP contribution >= 0.6 is 0 Å². The highest BCUT2D eigenvalue weighted by Gasteiger charge is 2.10. The summed E-state index contributed by atoms with van der Waals surface area (Å²) in [6.07, 6.45) is 3.27. The van der Waals surface area contributed by atoms with E-state index < -0.39 is 0 Å². The molecule has 0 spiro atoms. The van der Waals surface area contributed by atoms with Crippen molar-refractivity contribution >= 4 is 28.9 Å². The van der Waals surface area contributed by atoms with Gasteiger partial charge in [-0.1, -0.05) is 0 Å². The Bertz CT molecular complexity index is 616. The van der Waals surface area contributed by atoms with Gasteiger partial charge < -0.3 is 22.9 Å². The third kappa shape index (κ3) is 3.03. The molecule has 20 heavy (non-hydrogen) atoms. The van der Waals surface area contributed by atoms with E-state index in [-0.39, 0.29) is 17.7 Å². The van der Waals surface area contributed by atoms with Crippen LogP contribution in [-0.2, 0) is 0 Å². The average molecular weight is 278 g/mol. The number of nitrogens with one attached hydrogen (secondary N) is 1. The molecule has 0 aromatic carbocycles. The first-order chi connectivity index (χ1) is 9.61. The number of nitrogens with two attached hydrogens (primary N) is 4. The Morgan fingerprint density at radius 1 is 1.30 bits per heavy atom. The largest absolute Gasteiger partial charge is 0.382 e. The lowest BCUT2D eigenvalue weighted by atomic mass is 10.3. The van der Waals surface area contributed by atoms with Crippen molar-refractivity contribution in [3.05, 3.63) is 6.33 Å². The van der Waals surface area contributed by atoms with Crippen LogP contribution in [0.25, 0.3) is 11.2 Å². The third-order valence-corrected chi connectivity index (χ3v) is 2.57. The van der Waals surface area contributed by atoms with Crippen molar-refractivity contribution in [1.29, 1.82) is 0 Å². The lowest BCUT2D eigenvalue weighted by Gasteiger charge is -2.07. The van der Waals surface area contributed by atoms with Crippen molar-refractivity contribution in [3.63, 3.8) is 0 Å². The van der Waals surface area contributed by atoms with Crippen LogP contribution in [0.1, 0.15) is 12.8 Å². The summed E-state index contributed by atoms with van der Waals surface area (Å²) in [5, 5.41) is 0. The Labute approximate surface area is 115 Å². The fourth-order valence-electron chi connectivity index (χ4n) is 1.64. The number of nitrogens with zero attached hydrogens (tertiary/aromatic N) is 5. The molecule has 2 aromatic heterocycles. The van der Waals surface area contributed by atoms with E-state index in [0.717, 1.165) is 12.8 Å². The Balaban J connectivity index is 2.13. The molecule has 0 saturated heterocycles. The molecular weight excluding hydrogens is 260 g/mol. The molecule has 0 radical (unpaired) electrons. The van der Waals surface area contributed by atoms with Crippen LogP contribution in [0.3, 0.4) is 0 Å². The number of nitrogen functional groups attached to an aromatic ring is 2. The van der Waals surface area contributed by atoms with Crippen molar-refractivity contribution in [3.8, 4) is 0 Å². The molecule has 0 fully saturated rings. The highest BCUT2D eigenvalue weighted by atomic mass is 15.5. The van der Waals surface area contributed by atoms with Crippen LogP contribution in [-0.4, -0.2) is 38.7 Å². The number of hydrogen-bond donors (Lipinski definition) is 5. The van der Waals surface area contributed by atoms with Crippen molar-refractivity contribution in [2.24, 2.45) is 16.5 Å². The maximum Gasteiger partial charge on any atom is 0.224 e. The number of guanidine groups is 1. The van der Waals surface area contributed by atoms with Gasteiger partial charge in [0.05, 0.1) is 0 Å². The predicted molar refractivity (Wildman–Crippen MR) is 78.3 cm³/mol. The Kier molecular flexibility index (Phi) is 4.15. The summed E-state index contributed by atoms with van der Waals surface area (Å²) in [6, 6.07) is 0. The number of hydrogen-bond acceptors (Lipinski definition) is 7. The summed E-state index contributed by atoms with van der Waals surface area (Å²) in [7, 11) is 0. The van der Waals surface area contributed by atoms with Crippen molar-refractivity contribution in [2.75, 3.05) is 30.0 Å². The van der Waals surface area contributed by atoms with Gasteiger partial charge in [0, 0.05) is 6.54 Å². The fraction of sp³-hybridized carbons (Fsp3) is 0.400. The van der Waals surface area contributed by atoms with Gasteiger partial charge in [0.2, 0.25) is 11.9 Å². The first-order valence-electron chi connectivity index (χ1n) is 6.15. The second-order valence-electron chi connectivity index (χ2n) is 4.13. The summed E-state index contributed by atoms with van der Waals surface area (Å²) < 4.78 is 1.49. The van der Waals surface area contributed by atoms with E-state index in [9.17, 15) is 0 Å². The SMILES string of the molecule is NCCCCN=C(N)Nn1cnc2c(N)nc(N)nc21. The smallest absolute Gasteiger partial charge is 0.224 e. The molecule has 0 aliphatic carbocycles. The van der Waals surface area contributed by atoms with E-state index in [0.29, 0.717) is 24.3 Å². The first kappa shape index (κ1) is 13.8. The van der Waals surface area contributed by atoms with Crippen LogP contribution in [0.2, 0.25) is 0 Å². The lowest BCUT2D eigenvalue weighted by Crippen LogP contribution is -2.30. The van der Waals surface area contributed by atoms with Gasteiger partial charge in [-0.05, 0) is 19.4 Å². The van der Waals surface area contributed by atoms with Crippen LogP contribution in [0.5, 0.6) is 0 Å². The van der Waals surface area contributed by atoms with Gasteiger partial charge in [0.1, 0.15) is 6.33 Å². The van der Waals surface area contributed by atoms with Gasteiger partial charge >= 0.3 is 0 Å². The van der Waals surface area contributed by atoms with Gasteiger partial charge in [-0.15, -0.1) is 0 Å². The highest BCUT2D eigenvalue weighted by molar-refractivity contribution is 5.89. The minimum Gasteiger partial charge on any atom is -0.382 e. The minimum atomic E-state index is 0.0667. The normalized spacial score (nSPS) is 11.9. The molecule has 0 amide bonds. The zero-order valence-electron chi connectivity index (χ0n) is 11.0. The lowest BCUT2D eigenvalue weighted by molar-refractivity contribution is 0.754. The Morgan fingerprint density at radius 3 is 2.85 bits per heavy atom. The van der Waals surface area contributed by atoms with Gasteiger partial charge in [0.15, 0.2) is 17.0 Å². The molecule has 0 aliphatic rings. The first-order valence-corrected chi connectivity index (χ1v) is 6.15. The number of aromatic nitrogens is 4. The van der Waals surface area contributed by atoms with E-state index in [1.807, 2.05) is 0 Å².